The number of hydrogen-bond acceptors (Lipinski definition) is 3. The molecule has 2 rings (SSSR count). The average molecular weight is 225 g/mol. The van der Waals surface area contributed by atoms with Gasteiger partial charge < -0.3 is 10.1 Å². The van der Waals surface area contributed by atoms with Crippen molar-refractivity contribution in [3.8, 4) is 0 Å². The van der Waals surface area contributed by atoms with Crippen LogP contribution in [0.1, 0.15) is 30.7 Å². The summed E-state index contributed by atoms with van der Waals surface area (Å²) in [4.78, 5) is 12.9. The van der Waals surface area contributed by atoms with Crippen LogP contribution in [0.25, 0.3) is 0 Å². The molecule has 1 amide bonds. The van der Waals surface area contributed by atoms with E-state index < -0.39 is 0 Å². The normalized spacial score (nSPS) is 22.6. The van der Waals surface area contributed by atoms with Gasteiger partial charge in [-0.15, -0.1) is 11.3 Å². The third-order valence-corrected chi connectivity index (χ3v) is 3.61. The number of carbonyl (C=O) groups excluding carboxylic acids is 1. The maximum absolute atomic E-state index is 11.7. The zero-order chi connectivity index (χ0) is 10.7. The molecular formula is C11H15NO2S. The van der Waals surface area contributed by atoms with E-state index in [0.717, 1.165) is 12.8 Å². The highest BCUT2D eigenvalue weighted by Gasteiger charge is 2.24. The van der Waals surface area contributed by atoms with Gasteiger partial charge in [0, 0.05) is 11.5 Å². The molecule has 0 aliphatic carbocycles. The minimum absolute atomic E-state index is 0.0217. The molecule has 0 saturated carbocycles. The summed E-state index contributed by atoms with van der Waals surface area (Å²) in [6.45, 7) is 2.71. The summed E-state index contributed by atoms with van der Waals surface area (Å²) in [5.74, 6) is 0.0217. The van der Waals surface area contributed by atoms with Crippen LogP contribution in [0, 0.1) is 0 Å². The lowest BCUT2D eigenvalue weighted by Gasteiger charge is -2.15. The Kier molecular flexibility index (Phi) is 3.38. The van der Waals surface area contributed by atoms with E-state index in [9.17, 15) is 4.79 Å². The smallest absolute Gasteiger partial charge is 0.249 e. The molecule has 0 radical (unpaired) electrons. The molecule has 2 heterocycles. The maximum Gasteiger partial charge on any atom is 0.249 e. The topological polar surface area (TPSA) is 38.3 Å². The van der Waals surface area contributed by atoms with E-state index in [0.29, 0.717) is 6.61 Å². The van der Waals surface area contributed by atoms with E-state index in [2.05, 4.69) is 5.32 Å². The van der Waals surface area contributed by atoms with Gasteiger partial charge in [0.25, 0.3) is 0 Å². The van der Waals surface area contributed by atoms with Crippen LogP contribution in [0.4, 0.5) is 0 Å². The molecular weight excluding hydrogens is 210 g/mol. The number of ether oxygens (including phenoxy) is 1. The van der Waals surface area contributed by atoms with Crippen molar-refractivity contribution in [2.75, 3.05) is 6.61 Å². The molecule has 0 aromatic carbocycles. The summed E-state index contributed by atoms with van der Waals surface area (Å²) >= 11 is 1.66. The molecule has 0 bridgehead atoms. The summed E-state index contributed by atoms with van der Waals surface area (Å²) in [7, 11) is 0. The lowest BCUT2D eigenvalue weighted by molar-refractivity contribution is -0.130. The zero-order valence-electron chi connectivity index (χ0n) is 8.73. The van der Waals surface area contributed by atoms with Gasteiger partial charge in [-0.05, 0) is 31.2 Å². The fourth-order valence-electron chi connectivity index (χ4n) is 1.70. The Morgan fingerprint density at radius 2 is 2.60 bits per heavy atom. The third-order valence-electron chi connectivity index (χ3n) is 2.55. The minimum atomic E-state index is -0.229. The van der Waals surface area contributed by atoms with Gasteiger partial charge in [-0.25, -0.2) is 0 Å². The molecule has 2 atom stereocenters. The largest absolute Gasteiger partial charge is 0.368 e. The molecule has 1 aliphatic rings. The van der Waals surface area contributed by atoms with E-state index >= 15 is 0 Å². The standard InChI is InChI=1S/C11H15NO2S/c1-8(10-5-3-7-15-10)12-11(13)9-4-2-6-14-9/h3,5,7-9H,2,4,6H2,1H3,(H,12,13). The predicted molar refractivity (Wildman–Crippen MR) is 59.9 cm³/mol. The molecule has 4 heteroatoms. The summed E-state index contributed by atoms with van der Waals surface area (Å²) in [5.41, 5.74) is 0. The Morgan fingerprint density at radius 3 is 3.20 bits per heavy atom. The van der Waals surface area contributed by atoms with Gasteiger partial charge in [0.05, 0.1) is 6.04 Å². The second-order valence-corrected chi connectivity index (χ2v) is 4.73. The lowest BCUT2D eigenvalue weighted by Crippen LogP contribution is -2.35. The molecule has 1 saturated heterocycles. The van der Waals surface area contributed by atoms with E-state index in [4.69, 9.17) is 4.74 Å². The Bertz CT molecular complexity index is 317. The Labute approximate surface area is 93.4 Å². The Balaban J connectivity index is 1.88. The summed E-state index contributed by atoms with van der Waals surface area (Å²) < 4.78 is 5.32. The number of nitrogens with one attached hydrogen (secondary N) is 1. The molecule has 15 heavy (non-hydrogen) atoms. The second-order valence-electron chi connectivity index (χ2n) is 3.75. The number of thiophene rings is 1. The SMILES string of the molecule is CC(NC(=O)C1CCCO1)c1cccs1. The Hall–Kier alpha value is -0.870. The fraction of sp³-hybridized carbons (Fsp3) is 0.545. The number of amides is 1. The molecule has 1 aromatic rings. The van der Waals surface area contributed by atoms with Crippen molar-refractivity contribution >= 4 is 17.2 Å². The highest BCUT2D eigenvalue weighted by atomic mass is 32.1. The Morgan fingerprint density at radius 1 is 1.73 bits per heavy atom. The molecule has 1 aliphatic heterocycles. The molecule has 82 valence electrons. The van der Waals surface area contributed by atoms with Gasteiger partial charge in [0.1, 0.15) is 6.10 Å². The van der Waals surface area contributed by atoms with Crippen molar-refractivity contribution in [1.82, 2.24) is 5.32 Å². The van der Waals surface area contributed by atoms with E-state index in [1.165, 1.54) is 4.88 Å². The zero-order valence-corrected chi connectivity index (χ0v) is 9.55. The summed E-state index contributed by atoms with van der Waals surface area (Å²) in [5, 5.41) is 4.99. The van der Waals surface area contributed by atoms with Gasteiger partial charge in [-0.2, -0.15) is 0 Å². The average Bonchev–Trinajstić information content (AvgIpc) is 2.91. The van der Waals surface area contributed by atoms with Crippen molar-refractivity contribution in [2.24, 2.45) is 0 Å². The highest BCUT2D eigenvalue weighted by Crippen LogP contribution is 2.19. The van der Waals surface area contributed by atoms with Crippen LogP contribution in [0.2, 0.25) is 0 Å². The maximum atomic E-state index is 11.7. The van der Waals surface area contributed by atoms with Gasteiger partial charge >= 0.3 is 0 Å². The van der Waals surface area contributed by atoms with Crippen molar-refractivity contribution in [3.05, 3.63) is 22.4 Å². The summed E-state index contributed by atoms with van der Waals surface area (Å²) in [6, 6.07) is 4.11. The first kappa shape index (κ1) is 10.6. The molecule has 0 spiro atoms. The van der Waals surface area contributed by atoms with Crippen LogP contribution in [0.5, 0.6) is 0 Å². The quantitative estimate of drug-likeness (QED) is 0.855. The van der Waals surface area contributed by atoms with E-state index in [-0.39, 0.29) is 18.1 Å². The molecule has 1 fully saturated rings. The van der Waals surface area contributed by atoms with Gasteiger partial charge in [-0.3, -0.25) is 4.79 Å². The second kappa shape index (κ2) is 4.77. The van der Waals surface area contributed by atoms with Crippen LogP contribution < -0.4 is 5.32 Å². The van der Waals surface area contributed by atoms with E-state index in [1.54, 1.807) is 11.3 Å². The number of rotatable bonds is 3. The number of carbonyl (C=O) groups is 1. The van der Waals surface area contributed by atoms with Crippen LogP contribution in [-0.2, 0) is 9.53 Å². The minimum Gasteiger partial charge on any atom is -0.368 e. The van der Waals surface area contributed by atoms with Crippen LogP contribution in [0.3, 0.4) is 0 Å². The predicted octanol–water partition coefficient (Wildman–Crippen LogP) is 2.10. The lowest BCUT2D eigenvalue weighted by atomic mass is 10.2. The van der Waals surface area contributed by atoms with Crippen LogP contribution >= 0.6 is 11.3 Å². The first-order valence-electron chi connectivity index (χ1n) is 5.23. The van der Waals surface area contributed by atoms with Crippen LogP contribution in [0.15, 0.2) is 17.5 Å². The monoisotopic (exact) mass is 225 g/mol. The molecule has 2 unspecified atom stereocenters. The van der Waals surface area contributed by atoms with Crippen molar-refractivity contribution in [1.29, 1.82) is 0 Å². The fourth-order valence-corrected chi connectivity index (χ4v) is 2.43. The third kappa shape index (κ3) is 2.58. The van der Waals surface area contributed by atoms with Gasteiger partial charge in [-0.1, -0.05) is 6.07 Å². The highest BCUT2D eigenvalue weighted by molar-refractivity contribution is 7.10. The van der Waals surface area contributed by atoms with Crippen LogP contribution in [-0.4, -0.2) is 18.6 Å². The first-order chi connectivity index (χ1) is 7.27. The number of hydrogen-bond donors (Lipinski definition) is 1. The molecule has 1 N–H and O–H groups in total. The molecule has 3 nitrogen and oxygen atoms in total. The van der Waals surface area contributed by atoms with Crippen molar-refractivity contribution in [2.45, 2.75) is 31.9 Å². The summed E-state index contributed by atoms with van der Waals surface area (Å²) in [6.07, 6.45) is 1.61. The van der Waals surface area contributed by atoms with Crippen molar-refractivity contribution < 1.29 is 9.53 Å². The van der Waals surface area contributed by atoms with Crippen molar-refractivity contribution in [3.63, 3.8) is 0 Å². The first-order valence-corrected chi connectivity index (χ1v) is 6.10. The van der Waals surface area contributed by atoms with Gasteiger partial charge in [0.2, 0.25) is 5.91 Å². The van der Waals surface area contributed by atoms with Gasteiger partial charge in [0.15, 0.2) is 0 Å². The van der Waals surface area contributed by atoms with E-state index in [1.807, 2.05) is 24.4 Å². The molecule has 1 aromatic heterocycles.